The van der Waals surface area contributed by atoms with Crippen LogP contribution in [0.2, 0.25) is 0 Å². The van der Waals surface area contributed by atoms with E-state index >= 15 is 0 Å². The highest BCUT2D eigenvalue weighted by Crippen LogP contribution is 2.26. The van der Waals surface area contributed by atoms with Crippen molar-refractivity contribution in [3.8, 4) is 5.88 Å². The van der Waals surface area contributed by atoms with Gasteiger partial charge in [0.2, 0.25) is 0 Å². The molecule has 0 aromatic carbocycles. The molecular weight excluding hydrogens is 254 g/mol. The van der Waals surface area contributed by atoms with E-state index < -0.39 is 10.0 Å². The van der Waals surface area contributed by atoms with Crippen LogP contribution in [0.25, 0.3) is 5.52 Å². The van der Waals surface area contributed by atoms with E-state index in [0.717, 1.165) is 0 Å². The number of ether oxygens (including phenoxy) is 1. The highest BCUT2D eigenvalue weighted by atomic mass is 32.2. The second-order valence-corrected chi connectivity index (χ2v) is 5.74. The van der Waals surface area contributed by atoms with Gasteiger partial charge in [0.25, 0.3) is 10.0 Å². The predicted molar refractivity (Wildman–Crippen MR) is 67.2 cm³/mol. The zero-order chi connectivity index (χ0) is 13.5. The van der Waals surface area contributed by atoms with Gasteiger partial charge in [-0.3, -0.25) is 4.40 Å². The molecule has 2 N–H and O–H groups in total. The van der Waals surface area contributed by atoms with Crippen LogP contribution in [-0.2, 0) is 10.0 Å². The number of fused-ring (bicyclic) bond motifs is 1. The van der Waals surface area contributed by atoms with Gasteiger partial charge in [0.05, 0.1) is 12.6 Å². The number of nitrogens with two attached hydrogens (primary N) is 1. The highest BCUT2D eigenvalue weighted by Gasteiger charge is 2.22. The Balaban J connectivity index is 2.94. The lowest BCUT2D eigenvalue weighted by atomic mass is 10.2. The van der Waals surface area contributed by atoms with Crippen molar-refractivity contribution in [3.05, 3.63) is 24.0 Å². The second-order valence-electron chi connectivity index (χ2n) is 4.26. The number of hydrogen-bond acceptors (Lipinski definition) is 4. The molecular formula is C11H15N3O3S. The number of primary sulfonamides is 1. The summed E-state index contributed by atoms with van der Waals surface area (Å²) in [5, 5.41) is 5.06. The number of rotatable bonds is 3. The molecule has 0 saturated heterocycles. The fraction of sp³-hybridized carbons (Fsp3) is 0.364. The molecule has 98 valence electrons. The van der Waals surface area contributed by atoms with Crippen LogP contribution in [0.15, 0.2) is 23.2 Å². The van der Waals surface area contributed by atoms with Crippen LogP contribution in [-0.4, -0.2) is 24.9 Å². The number of methoxy groups -OCH3 is 1. The van der Waals surface area contributed by atoms with E-state index in [4.69, 9.17) is 9.88 Å². The fourth-order valence-corrected chi connectivity index (χ4v) is 2.53. The normalized spacial score (nSPS) is 12.3. The van der Waals surface area contributed by atoms with Gasteiger partial charge in [0.1, 0.15) is 5.82 Å². The Morgan fingerprint density at radius 3 is 2.56 bits per heavy atom. The van der Waals surface area contributed by atoms with Gasteiger partial charge >= 0.3 is 0 Å². The summed E-state index contributed by atoms with van der Waals surface area (Å²) < 4.78 is 30.0. The summed E-state index contributed by atoms with van der Waals surface area (Å²) >= 11 is 0. The third-order valence-corrected chi connectivity index (χ3v) is 3.45. The van der Waals surface area contributed by atoms with E-state index in [-0.39, 0.29) is 10.9 Å². The third-order valence-electron chi connectivity index (χ3n) is 2.61. The minimum absolute atomic E-state index is 0.0456. The van der Waals surface area contributed by atoms with Gasteiger partial charge < -0.3 is 4.74 Å². The summed E-state index contributed by atoms with van der Waals surface area (Å²) in [5.41, 5.74) is 0.431. The van der Waals surface area contributed by atoms with E-state index in [1.807, 2.05) is 13.8 Å². The van der Waals surface area contributed by atoms with Crippen LogP contribution >= 0.6 is 0 Å². The number of imidazole rings is 1. The maximum Gasteiger partial charge on any atom is 0.257 e. The molecule has 7 heteroatoms. The maximum atomic E-state index is 11.5. The van der Waals surface area contributed by atoms with Crippen LogP contribution < -0.4 is 9.88 Å². The molecule has 0 unspecified atom stereocenters. The summed E-state index contributed by atoms with van der Waals surface area (Å²) in [5.74, 6) is 1.18. The van der Waals surface area contributed by atoms with E-state index in [1.165, 1.54) is 7.11 Å². The van der Waals surface area contributed by atoms with E-state index in [1.54, 1.807) is 22.6 Å². The largest absolute Gasteiger partial charge is 0.482 e. The van der Waals surface area contributed by atoms with Crippen LogP contribution in [0.1, 0.15) is 25.6 Å². The molecule has 0 radical (unpaired) electrons. The summed E-state index contributed by atoms with van der Waals surface area (Å²) in [6, 6.07) is 5.10. The molecule has 0 spiro atoms. The molecule has 2 aromatic rings. The van der Waals surface area contributed by atoms with Gasteiger partial charge in [-0.2, -0.15) is 0 Å². The quantitative estimate of drug-likeness (QED) is 0.904. The van der Waals surface area contributed by atoms with Crippen molar-refractivity contribution < 1.29 is 13.2 Å². The predicted octanol–water partition coefficient (Wildman–Crippen LogP) is 1.11. The number of sulfonamides is 1. The summed E-state index contributed by atoms with van der Waals surface area (Å²) in [4.78, 5) is 4.14. The molecule has 0 saturated carbocycles. The van der Waals surface area contributed by atoms with Gasteiger partial charge in [-0.1, -0.05) is 19.9 Å². The Kier molecular flexibility index (Phi) is 3.04. The number of pyridine rings is 1. The van der Waals surface area contributed by atoms with Gasteiger partial charge in [-0.15, -0.1) is 0 Å². The number of nitrogens with zero attached hydrogens (tertiary/aromatic N) is 2. The smallest absolute Gasteiger partial charge is 0.257 e. The number of aromatic nitrogens is 2. The minimum Gasteiger partial charge on any atom is -0.482 e. The van der Waals surface area contributed by atoms with E-state index in [2.05, 4.69) is 4.98 Å². The lowest BCUT2D eigenvalue weighted by molar-refractivity contribution is 0.389. The summed E-state index contributed by atoms with van der Waals surface area (Å²) in [6.45, 7) is 3.85. The van der Waals surface area contributed by atoms with Crippen LogP contribution in [0.4, 0.5) is 0 Å². The summed E-state index contributed by atoms with van der Waals surface area (Å²) in [7, 11) is -2.33. The topological polar surface area (TPSA) is 86.7 Å². The SMILES string of the molecule is COc1cccc2c(S(N)(=O)=O)nc(C(C)C)n12. The van der Waals surface area contributed by atoms with Gasteiger partial charge in [0.15, 0.2) is 10.9 Å². The van der Waals surface area contributed by atoms with Crippen molar-refractivity contribution >= 4 is 15.5 Å². The van der Waals surface area contributed by atoms with Crippen LogP contribution in [0.5, 0.6) is 5.88 Å². The Labute approximate surface area is 105 Å². The van der Waals surface area contributed by atoms with Gasteiger partial charge in [0, 0.05) is 5.92 Å². The Morgan fingerprint density at radius 2 is 2.06 bits per heavy atom. The zero-order valence-electron chi connectivity index (χ0n) is 10.4. The molecule has 2 rings (SSSR count). The standard InChI is InChI=1S/C11H15N3O3S/c1-7(2)10-13-11(18(12,15)16)8-5-4-6-9(17-3)14(8)10/h4-7H,1-3H3,(H2,12,15,16). The maximum absolute atomic E-state index is 11.5. The molecule has 0 amide bonds. The minimum atomic E-state index is -3.85. The van der Waals surface area contributed by atoms with Crippen molar-refractivity contribution in [1.82, 2.24) is 9.38 Å². The number of hydrogen-bond donors (Lipinski definition) is 1. The lowest BCUT2D eigenvalue weighted by Crippen LogP contribution is -2.13. The van der Waals surface area contributed by atoms with E-state index in [0.29, 0.717) is 17.2 Å². The lowest BCUT2D eigenvalue weighted by Gasteiger charge is -2.08. The van der Waals surface area contributed by atoms with Crippen LogP contribution in [0.3, 0.4) is 0 Å². The second kappa shape index (κ2) is 4.25. The first-order chi connectivity index (χ1) is 8.36. The first kappa shape index (κ1) is 12.8. The molecule has 0 aliphatic rings. The Hall–Kier alpha value is -1.60. The first-order valence-corrected chi connectivity index (χ1v) is 6.99. The molecule has 6 nitrogen and oxygen atoms in total. The molecule has 0 fully saturated rings. The fourth-order valence-electron chi connectivity index (χ4n) is 1.86. The molecule has 0 bridgehead atoms. The molecule has 2 heterocycles. The molecule has 2 aromatic heterocycles. The molecule has 0 atom stereocenters. The van der Waals surface area contributed by atoms with Crippen LogP contribution in [0, 0.1) is 0 Å². The van der Waals surface area contributed by atoms with Crippen molar-refractivity contribution in [1.29, 1.82) is 0 Å². The van der Waals surface area contributed by atoms with Crippen molar-refractivity contribution in [2.24, 2.45) is 5.14 Å². The third kappa shape index (κ3) is 1.95. The average molecular weight is 269 g/mol. The van der Waals surface area contributed by atoms with Gasteiger partial charge in [-0.25, -0.2) is 18.5 Å². The highest BCUT2D eigenvalue weighted by molar-refractivity contribution is 7.89. The monoisotopic (exact) mass is 269 g/mol. The molecule has 0 aliphatic carbocycles. The molecule has 0 aliphatic heterocycles. The zero-order valence-corrected chi connectivity index (χ0v) is 11.2. The Morgan fingerprint density at radius 1 is 1.39 bits per heavy atom. The van der Waals surface area contributed by atoms with E-state index in [9.17, 15) is 8.42 Å². The molecule has 18 heavy (non-hydrogen) atoms. The van der Waals surface area contributed by atoms with Crippen molar-refractivity contribution in [2.45, 2.75) is 24.8 Å². The van der Waals surface area contributed by atoms with Crippen molar-refractivity contribution in [2.75, 3.05) is 7.11 Å². The Bertz CT molecular complexity index is 689. The van der Waals surface area contributed by atoms with Crippen molar-refractivity contribution in [3.63, 3.8) is 0 Å². The van der Waals surface area contributed by atoms with Gasteiger partial charge in [-0.05, 0) is 12.1 Å². The summed E-state index contributed by atoms with van der Waals surface area (Å²) in [6.07, 6.45) is 0. The first-order valence-electron chi connectivity index (χ1n) is 5.44. The average Bonchev–Trinajstić information content (AvgIpc) is 2.67.